The Morgan fingerprint density at radius 3 is 0.402 bits per heavy atom. The zero-order chi connectivity index (χ0) is 77.4. The molecule has 0 heteroatoms. The van der Waals surface area contributed by atoms with Gasteiger partial charge in [0.2, 0.25) is 0 Å². The minimum atomic E-state index is 1.25. The van der Waals surface area contributed by atoms with Crippen molar-refractivity contribution >= 4 is 86.2 Å². The first-order chi connectivity index (χ1) is 55.7. The Labute approximate surface area is 662 Å². The van der Waals surface area contributed by atoms with E-state index in [-0.39, 0.29) is 0 Å². The van der Waals surface area contributed by atoms with Gasteiger partial charge in [-0.05, 0) is 187 Å². The van der Waals surface area contributed by atoms with Crippen LogP contribution in [0.4, 0.5) is 0 Å². The highest BCUT2D eigenvalue weighted by Crippen LogP contribution is 2.46. The molecular weight excluding hydrogens is 1350 g/mol. The summed E-state index contributed by atoms with van der Waals surface area (Å²) in [5.41, 5.74) is 20.5. The van der Waals surface area contributed by atoms with Gasteiger partial charge in [0.1, 0.15) is 0 Å². The van der Waals surface area contributed by atoms with Crippen LogP contribution in [0.15, 0.2) is 437 Å². The number of benzene rings is 20. The SMILES string of the molecule is CC.CC.CC.CC.c1ccc(-c2c3ccccc3c(-c3ccccc3)c3ccccc23)cc1.c1ccc(-c2c3ccccc3c(-c3ccccc3)c3ccccc23)cc1.c1ccc(-c2ccc(-c3c4ccccc4cc4ccccc34)cc2)cc1.c1ccc(-c2ccc(-c3c4ccccc4cc4ccccc34)cc2)cc1. The van der Waals surface area contributed by atoms with E-state index in [2.05, 4.69) is 437 Å². The van der Waals surface area contributed by atoms with Gasteiger partial charge < -0.3 is 0 Å². The second-order valence-corrected chi connectivity index (χ2v) is 26.4. The summed E-state index contributed by atoms with van der Waals surface area (Å²) >= 11 is 0. The van der Waals surface area contributed by atoms with Crippen molar-refractivity contribution in [1.82, 2.24) is 0 Å². The molecule has 544 valence electrons. The highest BCUT2D eigenvalue weighted by molar-refractivity contribution is 6.23. The van der Waals surface area contributed by atoms with Crippen molar-refractivity contribution in [3.63, 3.8) is 0 Å². The molecule has 0 heterocycles. The van der Waals surface area contributed by atoms with E-state index < -0.39 is 0 Å². The lowest BCUT2D eigenvalue weighted by Gasteiger charge is -2.17. The first-order valence-corrected chi connectivity index (χ1v) is 39.9. The summed E-state index contributed by atoms with van der Waals surface area (Å²) in [6.07, 6.45) is 0. The van der Waals surface area contributed by atoms with Gasteiger partial charge in [-0.2, -0.15) is 0 Å². The molecule has 0 fully saturated rings. The monoisotopic (exact) mass is 1440 g/mol. The van der Waals surface area contributed by atoms with E-state index in [9.17, 15) is 0 Å². The fourth-order valence-corrected chi connectivity index (χ4v) is 15.5. The highest BCUT2D eigenvalue weighted by atomic mass is 14.2. The van der Waals surface area contributed by atoms with Gasteiger partial charge in [-0.15, -0.1) is 0 Å². The van der Waals surface area contributed by atoms with E-state index >= 15 is 0 Å². The van der Waals surface area contributed by atoms with E-state index in [4.69, 9.17) is 0 Å². The third-order valence-electron chi connectivity index (χ3n) is 20.2. The average Bonchev–Trinajstić information content (AvgIpc) is 0.749. The molecule has 0 radical (unpaired) electrons. The number of hydrogen-bond donors (Lipinski definition) is 0. The van der Waals surface area contributed by atoms with Crippen molar-refractivity contribution in [2.75, 3.05) is 0 Å². The quantitative estimate of drug-likeness (QED) is 0.133. The normalized spacial score (nSPS) is 10.5. The van der Waals surface area contributed by atoms with Crippen molar-refractivity contribution in [1.29, 1.82) is 0 Å². The van der Waals surface area contributed by atoms with E-state index in [1.165, 1.54) is 175 Å². The average molecular weight is 1440 g/mol. The summed E-state index contributed by atoms with van der Waals surface area (Å²) in [6.45, 7) is 16.0. The maximum absolute atomic E-state index is 2.28. The molecule has 0 saturated carbocycles. The summed E-state index contributed by atoms with van der Waals surface area (Å²) < 4.78 is 0. The Morgan fingerprint density at radius 2 is 0.214 bits per heavy atom. The molecule has 0 nitrogen and oxygen atoms in total. The lowest BCUT2D eigenvalue weighted by atomic mass is 9.86. The summed E-state index contributed by atoms with van der Waals surface area (Å²) in [6, 6.07) is 156. The first kappa shape index (κ1) is 76.7. The summed E-state index contributed by atoms with van der Waals surface area (Å²) in [5.74, 6) is 0. The zero-order valence-electron chi connectivity index (χ0n) is 65.6. The molecule has 0 aliphatic heterocycles. The lowest BCUT2D eigenvalue weighted by molar-refractivity contribution is 1.50. The Bertz CT molecular complexity index is 5570. The van der Waals surface area contributed by atoms with Gasteiger partial charge in [-0.25, -0.2) is 0 Å². The van der Waals surface area contributed by atoms with Crippen molar-refractivity contribution in [2.24, 2.45) is 0 Å². The second-order valence-electron chi connectivity index (χ2n) is 26.4. The maximum Gasteiger partial charge on any atom is -0.00264 e. The molecule has 0 spiro atoms. The van der Waals surface area contributed by atoms with E-state index in [0.717, 1.165) is 0 Å². The van der Waals surface area contributed by atoms with Crippen LogP contribution in [0.25, 0.3) is 175 Å². The molecule has 0 unspecified atom stereocenters. The van der Waals surface area contributed by atoms with Crippen LogP contribution >= 0.6 is 0 Å². The first-order valence-electron chi connectivity index (χ1n) is 39.9. The van der Waals surface area contributed by atoms with E-state index in [0.29, 0.717) is 0 Å². The van der Waals surface area contributed by atoms with Crippen molar-refractivity contribution in [3.05, 3.63) is 437 Å². The molecule has 112 heavy (non-hydrogen) atoms. The number of rotatable bonds is 8. The Morgan fingerprint density at radius 1 is 0.0982 bits per heavy atom. The van der Waals surface area contributed by atoms with Gasteiger partial charge >= 0.3 is 0 Å². The Balaban J connectivity index is 0.000000127. The molecule has 0 bridgehead atoms. The van der Waals surface area contributed by atoms with Crippen LogP contribution in [-0.2, 0) is 0 Å². The van der Waals surface area contributed by atoms with Gasteiger partial charge in [0.15, 0.2) is 0 Å². The van der Waals surface area contributed by atoms with Crippen molar-refractivity contribution in [3.8, 4) is 89.0 Å². The molecule has 0 aliphatic rings. The van der Waals surface area contributed by atoms with Crippen LogP contribution in [0, 0.1) is 0 Å². The third kappa shape index (κ3) is 16.6. The summed E-state index contributed by atoms with van der Waals surface area (Å²) in [7, 11) is 0. The number of hydrogen-bond acceptors (Lipinski definition) is 0. The lowest BCUT2D eigenvalue weighted by Crippen LogP contribution is -1.90. The maximum atomic E-state index is 2.28. The highest BCUT2D eigenvalue weighted by Gasteiger charge is 2.19. The Hall–Kier alpha value is -13.5. The van der Waals surface area contributed by atoms with Crippen molar-refractivity contribution < 1.29 is 0 Å². The van der Waals surface area contributed by atoms with Gasteiger partial charge in [-0.3, -0.25) is 0 Å². The fourth-order valence-electron chi connectivity index (χ4n) is 15.5. The van der Waals surface area contributed by atoms with Crippen LogP contribution in [-0.4, -0.2) is 0 Å². The van der Waals surface area contributed by atoms with Gasteiger partial charge in [-0.1, -0.05) is 480 Å². The number of fused-ring (bicyclic) bond motifs is 8. The van der Waals surface area contributed by atoms with Crippen LogP contribution in [0.3, 0.4) is 0 Å². The van der Waals surface area contributed by atoms with E-state index in [1.54, 1.807) is 0 Å². The minimum Gasteiger partial charge on any atom is -0.0683 e. The molecule has 20 rings (SSSR count). The summed E-state index contributed by atoms with van der Waals surface area (Å²) in [5, 5.41) is 20.8. The molecule has 0 amide bonds. The molecule has 20 aromatic rings. The smallest absolute Gasteiger partial charge is 0.00264 e. The van der Waals surface area contributed by atoms with Crippen LogP contribution in [0.5, 0.6) is 0 Å². The molecule has 0 aliphatic carbocycles. The van der Waals surface area contributed by atoms with Gasteiger partial charge in [0, 0.05) is 0 Å². The second kappa shape index (κ2) is 38.0. The largest absolute Gasteiger partial charge is 0.0683 e. The van der Waals surface area contributed by atoms with E-state index in [1.807, 2.05) is 55.4 Å². The van der Waals surface area contributed by atoms with Gasteiger partial charge in [0.25, 0.3) is 0 Å². The molecule has 0 N–H and O–H groups in total. The molecule has 0 aromatic heterocycles. The topological polar surface area (TPSA) is 0 Å². The third-order valence-corrected chi connectivity index (χ3v) is 20.2. The zero-order valence-corrected chi connectivity index (χ0v) is 65.6. The van der Waals surface area contributed by atoms with Gasteiger partial charge in [0.05, 0.1) is 0 Å². The predicted octanol–water partition coefficient (Wildman–Crippen LogP) is 33.4. The van der Waals surface area contributed by atoms with Crippen LogP contribution in [0.2, 0.25) is 0 Å². The molecule has 0 atom stereocenters. The minimum absolute atomic E-state index is 1.25. The fraction of sp³-hybridized carbons (Fsp3) is 0.0714. The molecule has 0 saturated heterocycles. The Kier molecular flexibility index (Phi) is 26.0. The van der Waals surface area contributed by atoms with Crippen molar-refractivity contribution in [2.45, 2.75) is 55.4 Å². The summed E-state index contributed by atoms with van der Waals surface area (Å²) in [4.78, 5) is 0. The molecule has 20 aromatic carbocycles. The van der Waals surface area contributed by atoms with Crippen LogP contribution < -0.4 is 0 Å². The standard InChI is InChI=1S/4C26H18.4C2H6/c2*1-3-11-19(12-4-1)25-21-15-7-9-17-23(21)26(20-13-5-2-6-14-20)24-18-10-8-16-22(24)25;2*1-2-8-19(9-3-1)20-14-16-21(17-15-20)26-24-12-6-4-10-22(24)18-23-11-5-7-13-25(23)26;4*1-2/h4*1-18H;4*1-2H3. The molecular formula is C112H96. The van der Waals surface area contributed by atoms with Crippen LogP contribution in [0.1, 0.15) is 55.4 Å². The predicted molar refractivity (Wildman–Crippen MR) is 495 cm³/mol.